The quantitative estimate of drug-likeness (QED) is 0.579. The summed E-state index contributed by atoms with van der Waals surface area (Å²) in [6, 6.07) is 0. The van der Waals surface area contributed by atoms with Crippen molar-refractivity contribution in [1.29, 1.82) is 0 Å². The Bertz CT molecular complexity index is 29.2. The molecule has 0 aromatic rings. The van der Waals surface area contributed by atoms with Crippen LogP contribution in [0.2, 0.25) is 0 Å². The van der Waals surface area contributed by atoms with Gasteiger partial charge in [0.05, 0.1) is 0 Å². The summed E-state index contributed by atoms with van der Waals surface area (Å²) in [5.74, 6) is 0. The van der Waals surface area contributed by atoms with Crippen LogP contribution in [0, 0.1) is 0 Å². The topological polar surface area (TPSA) is 86.8 Å². The van der Waals surface area contributed by atoms with Crippen LogP contribution in [0.15, 0.2) is 12.7 Å². The fraction of sp³-hybridized carbons (Fsp3) is 0.333. The molecule has 2 radical (unpaired) electrons. The van der Waals surface area contributed by atoms with Gasteiger partial charge in [-0.05, 0) is 0 Å². The Morgan fingerprint density at radius 2 is 1.38 bits per heavy atom. The third-order valence-corrected chi connectivity index (χ3v) is 0.144. The summed E-state index contributed by atoms with van der Waals surface area (Å²) in [5.41, 5.74) is 6.33. The third-order valence-electron chi connectivity index (χ3n) is 0.144. The molecule has 0 aromatic heterocycles. The monoisotopic (exact) mass is 270 g/mol. The number of hydrogen-bond acceptors (Lipinski definition) is 0. The van der Waals surface area contributed by atoms with Gasteiger partial charge < -0.3 is 16.7 Å². The number of rotatable bonds is 1. The minimum atomic E-state index is 0. The molecule has 0 saturated carbocycles. The zero-order valence-electron chi connectivity index (χ0n) is 4.65. The van der Waals surface area contributed by atoms with Crippen LogP contribution in [0.1, 0.15) is 0 Å². The van der Waals surface area contributed by atoms with Crippen molar-refractivity contribution in [3.05, 3.63) is 18.4 Å². The fourth-order valence-corrected chi connectivity index (χ4v) is 0. The average molecular weight is 270 g/mol. The first-order chi connectivity index (χ1) is 1.91. The maximum Gasteiger partial charge on any atom is 0 e. The first-order valence-electron chi connectivity index (χ1n) is 1.17. The summed E-state index contributed by atoms with van der Waals surface area (Å²) in [6.45, 7) is 3.62. The van der Waals surface area contributed by atoms with Gasteiger partial charge in [-0.25, -0.2) is 0 Å². The van der Waals surface area contributed by atoms with E-state index in [2.05, 4.69) is 6.58 Å². The second-order valence-corrected chi connectivity index (χ2v) is 0.493. The molecule has 0 aromatic carbocycles. The van der Waals surface area contributed by atoms with E-state index in [9.17, 15) is 0 Å². The van der Waals surface area contributed by atoms with Crippen molar-refractivity contribution in [2.45, 2.75) is 0 Å². The maximum atomic E-state index is 6.33. The van der Waals surface area contributed by atoms with E-state index in [1.54, 1.807) is 6.08 Å². The third kappa shape index (κ3) is 45.6. The molecule has 8 heavy (non-hydrogen) atoms. The Morgan fingerprint density at radius 1 is 1.25 bits per heavy atom. The van der Waals surface area contributed by atoms with Crippen LogP contribution >= 0.6 is 0 Å². The van der Waals surface area contributed by atoms with Gasteiger partial charge in [-0.15, -0.1) is 19.2 Å². The Hall–Kier alpha value is 1.83. The Morgan fingerprint density at radius 3 is 1.38 bits per heavy atom. The molecule has 0 aliphatic rings. The molecular formula is C3H10NO2Y2-. The minimum Gasteiger partial charge on any atom is -0.674 e. The van der Waals surface area contributed by atoms with E-state index in [-0.39, 0.29) is 76.4 Å². The normalized spacial score (nSPS) is 3.12. The molecule has 0 saturated heterocycles. The molecule has 0 rings (SSSR count). The predicted molar refractivity (Wildman–Crippen MR) is 26.6 cm³/mol. The van der Waals surface area contributed by atoms with Gasteiger partial charge in [-0.2, -0.15) is 0 Å². The van der Waals surface area contributed by atoms with Crippen molar-refractivity contribution in [3.63, 3.8) is 0 Å². The molecule has 0 bridgehead atoms. The minimum absolute atomic E-state index is 0. The first-order valence-corrected chi connectivity index (χ1v) is 1.17. The van der Waals surface area contributed by atoms with E-state index in [1.165, 1.54) is 0 Å². The van der Waals surface area contributed by atoms with Gasteiger partial charge in [0, 0.05) is 65.4 Å². The largest absolute Gasteiger partial charge is 0.674 e. The summed E-state index contributed by atoms with van der Waals surface area (Å²) in [4.78, 5) is 0. The SMILES string of the molecule is C=CC[NH-].O.O.[Y].[Y]. The Balaban J connectivity index is -0.00000000750. The van der Waals surface area contributed by atoms with Gasteiger partial charge in [0.25, 0.3) is 0 Å². The zero-order chi connectivity index (χ0) is 3.41. The van der Waals surface area contributed by atoms with Crippen LogP contribution in [0.5, 0.6) is 0 Å². The van der Waals surface area contributed by atoms with Crippen molar-refractivity contribution in [3.8, 4) is 0 Å². The van der Waals surface area contributed by atoms with Gasteiger partial charge >= 0.3 is 0 Å². The standard InChI is InChI=1S/C3H6N.2H2O.2Y/c1-2-3-4;;;;/h2,4H,1,3H2;2*1H2;;/q-1;;;;. The van der Waals surface area contributed by atoms with Crippen LogP contribution < -0.4 is 0 Å². The zero-order valence-corrected chi connectivity index (χ0v) is 10.3. The van der Waals surface area contributed by atoms with E-state index in [0.29, 0.717) is 6.54 Å². The molecule has 0 amide bonds. The molecule has 5 heteroatoms. The van der Waals surface area contributed by atoms with E-state index in [4.69, 9.17) is 5.73 Å². The Kier molecular flexibility index (Phi) is 152. The average Bonchev–Trinajstić information content (AvgIpc) is 1.37. The summed E-state index contributed by atoms with van der Waals surface area (Å²) in [6.07, 6.45) is 1.54. The molecule has 0 aliphatic carbocycles. The van der Waals surface area contributed by atoms with Gasteiger partial charge in [-0.1, -0.05) is 0 Å². The van der Waals surface area contributed by atoms with Crippen molar-refractivity contribution < 1.29 is 76.4 Å². The summed E-state index contributed by atoms with van der Waals surface area (Å²) >= 11 is 0. The molecular weight excluding hydrogens is 260 g/mol. The fourth-order valence-electron chi connectivity index (χ4n) is 0. The number of nitrogens with one attached hydrogen (secondary N) is 1. The van der Waals surface area contributed by atoms with Crippen LogP contribution in [-0.2, 0) is 65.4 Å². The summed E-state index contributed by atoms with van der Waals surface area (Å²) in [7, 11) is 0. The molecule has 0 fully saturated rings. The van der Waals surface area contributed by atoms with Crippen molar-refractivity contribution in [2.24, 2.45) is 0 Å². The van der Waals surface area contributed by atoms with Crippen LogP contribution in [-0.4, -0.2) is 17.5 Å². The second-order valence-electron chi connectivity index (χ2n) is 0.493. The van der Waals surface area contributed by atoms with Crippen LogP contribution in [0.4, 0.5) is 0 Å². The first kappa shape index (κ1) is 32.9. The van der Waals surface area contributed by atoms with Gasteiger partial charge in [0.15, 0.2) is 0 Å². The predicted octanol–water partition coefficient (Wildman–Crippen LogP) is -0.430. The molecule has 0 spiro atoms. The Labute approximate surface area is 99.8 Å². The van der Waals surface area contributed by atoms with Gasteiger partial charge in [-0.3, -0.25) is 0 Å². The van der Waals surface area contributed by atoms with E-state index in [1.807, 2.05) is 0 Å². The number of hydrogen-bond donors (Lipinski definition) is 0. The van der Waals surface area contributed by atoms with E-state index < -0.39 is 0 Å². The van der Waals surface area contributed by atoms with Crippen molar-refractivity contribution in [1.82, 2.24) is 0 Å². The molecule has 0 aliphatic heterocycles. The van der Waals surface area contributed by atoms with Crippen molar-refractivity contribution in [2.75, 3.05) is 6.54 Å². The molecule has 5 N–H and O–H groups in total. The van der Waals surface area contributed by atoms with E-state index >= 15 is 0 Å². The summed E-state index contributed by atoms with van der Waals surface area (Å²) < 4.78 is 0. The molecule has 0 atom stereocenters. The molecule has 46 valence electrons. The van der Waals surface area contributed by atoms with E-state index in [0.717, 1.165) is 0 Å². The molecule has 3 nitrogen and oxygen atoms in total. The van der Waals surface area contributed by atoms with Gasteiger partial charge in [0.2, 0.25) is 0 Å². The molecule has 0 unspecified atom stereocenters. The summed E-state index contributed by atoms with van der Waals surface area (Å²) in [5, 5.41) is 0. The molecule has 0 heterocycles. The van der Waals surface area contributed by atoms with Crippen LogP contribution in [0.25, 0.3) is 5.73 Å². The van der Waals surface area contributed by atoms with Crippen LogP contribution in [0.3, 0.4) is 0 Å². The maximum absolute atomic E-state index is 6.33. The van der Waals surface area contributed by atoms with Gasteiger partial charge in [0.1, 0.15) is 0 Å². The van der Waals surface area contributed by atoms with Crippen molar-refractivity contribution >= 4 is 0 Å². The smallest absolute Gasteiger partial charge is 0 e. The second kappa shape index (κ2) is 36.9.